The van der Waals surface area contributed by atoms with Crippen molar-refractivity contribution in [1.29, 1.82) is 0 Å². The Morgan fingerprint density at radius 2 is 2.04 bits per heavy atom. The Labute approximate surface area is 157 Å². The quantitative estimate of drug-likeness (QED) is 0.695. The molecule has 3 aromatic rings. The van der Waals surface area contributed by atoms with Crippen molar-refractivity contribution in [2.45, 2.75) is 19.3 Å². The Kier molecular flexibility index (Phi) is 4.84. The third kappa shape index (κ3) is 3.85. The zero-order chi connectivity index (χ0) is 17.9. The van der Waals surface area contributed by atoms with Crippen molar-refractivity contribution in [3.8, 4) is 0 Å². The molecule has 0 bridgehead atoms. The fourth-order valence-electron chi connectivity index (χ4n) is 2.86. The Morgan fingerprint density at radius 1 is 1.23 bits per heavy atom. The summed E-state index contributed by atoms with van der Waals surface area (Å²) in [6.07, 6.45) is 3.34. The molecule has 4 rings (SSSR count). The van der Waals surface area contributed by atoms with Gasteiger partial charge in [-0.3, -0.25) is 4.79 Å². The molecule has 1 aromatic carbocycles. The van der Waals surface area contributed by atoms with Gasteiger partial charge in [-0.2, -0.15) is 0 Å². The maximum Gasteiger partial charge on any atom is 0.271 e. The first-order chi connectivity index (χ1) is 12.7. The molecular weight excluding hydrogens is 344 g/mol. The Bertz CT molecular complexity index is 905. The molecule has 6 heteroatoms. The number of hydrogen-bond donors (Lipinski definition) is 1. The van der Waals surface area contributed by atoms with Crippen molar-refractivity contribution in [3.05, 3.63) is 53.0 Å². The molecule has 1 N–H and O–H groups in total. The number of nitrogens with one attached hydrogen (secondary N) is 1. The molecule has 1 saturated carbocycles. The summed E-state index contributed by atoms with van der Waals surface area (Å²) in [6, 6.07) is 12.3. The number of nitrogens with zero attached hydrogens (tertiary/aromatic N) is 3. The van der Waals surface area contributed by atoms with Crippen molar-refractivity contribution >= 4 is 33.4 Å². The standard InChI is InChI=1S/C20H22N4OS/c1-24(11-9-14-5-3-2-4-6-14)20-22-16-10-12-26-18(16)17(23-20)19(25)21-13-15-7-8-15/h2-6,10,12,15H,7-9,11,13H2,1H3,(H,21,25). The molecule has 5 nitrogen and oxygen atoms in total. The van der Waals surface area contributed by atoms with Crippen LogP contribution in [0.15, 0.2) is 41.8 Å². The second kappa shape index (κ2) is 7.41. The van der Waals surface area contributed by atoms with Crippen LogP contribution in [0.4, 0.5) is 5.95 Å². The Balaban J connectivity index is 1.53. The lowest BCUT2D eigenvalue weighted by Crippen LogP contribution is -2.28. The van der Waals surface area contributed by atoms with Crippen LogP contribution in [-0.2, 0) is 6.42 Å². The zero-order valence-corrected chi connectivity index (χ0v) is 15.6. The number of thiophene rings is 1. The molecule has 0 saturated heterocycles. The smallest absolute Gasteiger partial charge is 0.271 e. The number of amides is 1. The van der Waals surface area contributed by atoms with Gasteiger partial charge in [-0.25, -0.2) is 9.97 Å². The maximum absolute atomic E-state index is 12.6. The molecule has 0 radical (unpaired) electrons. The summed E-state index contributed by atoms with van der Waals surface area (Å²) in [5.74, 6) is 1.15. The van der Waals surface area contributed by atoms with Crippen LogP contribution in [0.25, 0.3) is 10.2 Å². The van der Waals surface area contributed by atoms with E-state index in [9.17, 15) is 4.79 Å². The number of rotatable bonds is 7. The monoisotopic (exact) mass is 366 g/mol. The highest BCUT2D eigenvalue weighted by atomic mass is 32.1. The highest BCUT2D eigenvalue weighted by molar-refractivity contribution is 7.17. The highest BCUT2D eigenvalue weighted by Gasteiger charge is 2.23. The van der Waals surface area contributed by atoms with E-state index in [1.165, 1.54) is 29.7 Å². The molecule has 2 heterocycles. The molecule has 2 aromatic heterocycles. The molecule has 134 valence electrons. The first kappa shape index (κ1) is 17.0. The summed E-state index contributed by atoms with van der Waals surface area (Å²) in [7, 11) is 1.97. The van der Waals surface area contributed by atoms with Crippen LogP contribution >= 0.6 is 11.3 Å². The van der Waals surface area contributed by atoms with Gasteiger partial charge in [0.25, 0.3) is 5.91 Å². The van der Waals surface area contributed by atoms with Crippen molar-refractivity contribution in [3.63, 3.8) is 0 Å². The van der Waals surface area contributed by atoms with Gasteiger partial charge in [-0.05, 0) is 42.2 Å². The number of aromatic nitrogens is 2. The van der Waals surface area contributed by atoms with Gasteiger partial charge in [-0.1, -0.05) is 30.3 Å². The molecule has 0 aliphatic heterocycles. The van der Waals surface area contributed by atoms with Crippen molar-refractivity contribution in [2.24, 2.45) is 5.92 Å². The van der Waals surface area contributed by atoms with Crippen molar-refractivity contribution < 1.29 is 4.79 Å². The van der Waals surface area contributed by atoms with Crippen LogP contribution in [0.2, 0.25) is 0 Å². The van der Waals surface area contributed by atoms with Gasteiger partial charge in [-0.15, -0.1) is 11.3 Å². The molecule has 26 heavy (non-hydrogen) atoms. The van der Waals surface area contributed by atoms with Crippen LogP contribution in [0, 0.1) is 5.92 Å². The summed E-state index contributed by atoms with van der Waals surface area (Å²) < 4.78 is 0.860. The second-order valence-corrected chi connectivity index (χ2v) is 7.73. The third-order valence-electron chi connectivity index (χ3n) is 4.68. The minimum absolute atomic E-state index is 0.0931. The molecule has 0 unspecified atom stereocenters. The Morgan fingerprint density at radius 3 is 2.81 bits per heavy atom. The maximum atomic E-state index is 12.6. The van der Waals surface area contributed by atoms with E-state index in [1.54, 1.807) is 0 Å². The number of carbonyl (C=O) groups is 1. The fourth-order valence-corrected chi connectivity index (χ4v) is 3.68. The number of hydrogen-bond acceptors (Lipinski definition) is 5. The second-order valence-electron chi connectivity index (χ2n) is 6.82. The van der Waals surface area contributed by atoms with E-state index >= 15 is 0 Å². The lowest BCUT2D eigenvalue weighted by molar-refractivity contribution is 0.0949. The molecular formula is C20H22N4OS. The number of benzene rings is 1. The topological polar surface area (TPSA) is 58.1 Å². The minimum atomic E-state index is -0.0931. The largest absolute Gasteiger partial charge is 0.350 e. The van der Waals surface area contributed by atoms with E-state index in [-0.39, 0.29) is 5.91 Å². The average molecular weight is 366 g/mol. The normalized spacial score (nSPS) is 13.7. The SMILES string of the molecule is CN(CCc1ccccc1)c1nc(C(=O)NCC2CC2)c2sccc2n1. The molecule has 0 spiro atoms. The van der Waals surface area contributed by atoms with Gasteiger partial charge in [0.2, 0.25) is 5.95 Å². The van der Waals surface area contributed by atoms with Gasteiger partial charge < -0.3 is 10.2 Å². The van der Waals surface area contributed by atoms with E-state index < -0.39 is 0 Å². The van der Waals surface area contributed by atoms with E-state index in [0.29, 0.717) is 17.6 Å². The lowest BCUT2D eigenvalue weighted by atomic mass is 10.1. The van der Waals surface area contributed by atoms with Gasteiger partial charge in [0.1, 0.15) is 0 Å². The summed E-state index contributed by atoms with van der Waals surface area (Å²) in [5, 5.41) is 4.99. The Hall–Kier alpha value is -2.47. The van der Waals surface area contributed by atoms with E-state index in [4.69, 9.17) is 0 Å². The molecule has 1 aliphatic carbocycles. The zero-order valence-electron chi connectivity index (χ0n) is 14.8. The van der Waals surface area contributed by atoms with E-state index in [1.807, 2.05) is 41.6 Å². The van der Waals surface area contributed by atoms with Crippen LogP contribution < -0.4 is 10.2 Å². The number of carbonyl (C=O) groups excluding carboxylic acids is 1. The predicted octanol–water partition coefficient (Wildman–Crippen LogP) is 3.51. The summed E-state index contributed by atoms with van der Waals surface area (Å²) in [4.78, 5) is 23.9. The van der Waals surface area contributed by atoms with Crippen LogP contribution in [0.1, 0.15) is 28.9 Å². The highest BCUT2D eigenvalue weighted by Crippen LogP contribution is 2.28. The minimum Gasteiger partial charge on any atom is -0.350 e. The lowest BCUT2D eigenvalue weighted by Gasteiger charge is -2.18. The first-order valence-corrected chi connectivity index (χ1v) is 9.87. The van der Waals surface area contributed by atoms with Crippen LogP contribution in [0.5, 0.6) is 0 Å². The molecule has 1 amide bonds. The fraction of sp³-hybridized carbons (Fsp3) is 0.350. The summed E-state index contributed by atoms with van der Waals surface area (Å²) >= 11 is 1.52. The molecule has 0 atom stereocenters. The molecule has 1 fully saturated rings. The third-order valence-corrected chi connectivity index (χ3v) is 5.59. The molecule has 1 aliphatic rings. The number of likely N-dealkylation sites (N-methyl/N-ethyl adjacent to an activating group) is 1. The van der Waals surface area contributed by atoms with Gasteiger partial charge >= 0.3 is 0 Å². The number of anilines is 1. The van der Waals surface area contributed by atoms with Gasteiger partial charge in [0.05, 0.1) is 10.2 Å². The van der Waals surface area contributed by atoms with Gasteiger partial charge in [0.15, 0.2) is 5.69 Å². The summed E-state index contributed by atoms with van der Waals surface area (Å²) in [5.41, 5.74) is 2.61. The van der Waals surface area contributed by atoms with Crippen LogP contribution in [-0.4, -0.2) is 36.0 Å². The van der Waals surface area contributed by atoms with Crippen molar-refractivity contribution in [2.75, 3.05) is 25.0 Å². The first-order valence-electron chi connectivity index (χ1n) is 8.99. The van der Waals surface area contributed by atoms with Gasteiger partial charge in [0, 0.05) is 20.1 Å². The summed E-state index contributed by atoms with van der Waals surface area (Å²) in [6.45, 7) is 1.54. The number of fused-ring (bicyclic) bond motifs is 1. The van der Waals surface area contributed by atoms with E-state index in [0.717, 1.165) is 29.7 Å². The predicted molar refractivity (Wildman–Crippen MR) is 106 cm³/mol. The average Bonchev–Trinajstić information content (AvgIpc) is 3.39. The van der Waals surface area contributed by atoms with Crippen molar-refractivity contribution in [1.82, 2.24) is 15.3 Å². The van der Waals surface area contributed by atoms with E-state index in [2.05, 4.69) is 27.4 Å². The van der Waals surface area contributed by atoms with Crippen LogP contribution in [0.3, 0.4) is 0 Å².